The van der Waals surface area contributed by atoms with Gasteiger partial charge in [-0.3, -0.25) is 0 Å². The van der Waals surface area contributed by atoms with Crippen LogP contribution in [0.5, 0.6) is 0 Å². The lowest BCUT2D eigenvalue weighted by molar-refractivity contribution is -0.268. The second-order valence-corrected chi connectivity index (χ2v) is 2.97. The van der Waals surface area contributed by atoms with Crippen molar-refractivity contribution in [3.8, 4) is 0 Å². The van der Waals surface area contributed by atoms with Crippen molar-refractivity contribution in [2.24, 2.45) is 0 Å². The molecule has 72 valence electrons. The minimum atomic E-state index is -1.14. The Kier molecular flexibility index (Phi) is 3.46. The molecule has 0 bridgehead atoms. The highest BCUT2D eigenvalue weighted by molar-refractivity contribution is 4.80. The van der Waals surface area contributed by atoms with Crippen molar-refractivity contribution in [1.29, 1.82) is 0 Å². The second kappa shape index (κ2) is 4.18. The lowest BCUT2D eigenvalue weighted by atomic mass is 10.1. The van der Waals surface area contributed by atoms with Gasteiger partial charge in [0.25, 0.3) is 0 Å². The molecule has 0 aromatic rings. The molecule has 0 aromatic heterocycles. The molecule has 0 spiro atoms. The Labute approximate surface area is 72.9 Å². The van der Waals surface area contributed by atoms with Crippen LogP contribution in [0.25, 0.3) is 0 Å². The molecular formula is C8H17NO3. The minimum absolute atomic E-state index is 0.282. The fourth-order valence-electron chi connectivity index (χ4n) is 1.26. The van der Waals surface area contributed by atoms with Gasteiger partial charge in [-0.25, -0.2) is 0 Å². The van der Waals surface area contributed by atoms with Crippen molar-refractivity contribution in [3.05, 3.63) is 0 Å². The first-order chi connectivity index (χ1) is 5.69. The number of β-amino-alcohol motifs (C(OH)–C–C–N with tert-alkyl or cyclic N) is 1. The Bertz CT molecular complexity index is 134. The van der Waals surface area contributed by atoms with Crippen molar-refractivity contribution >= 4 is 0 Å². The highest BCUT2D eigenvalue weighted by Gasteiger charge is 2.37. The third-order valence-electron chi connectivity index (χ3n) is 2.06. The average molecular weight is 175 g/mol. The lowest BCUT2D eigenvalue weighted by Crippen LogP contribution is -2.56. The van der Waals surface area contributed by atoms with E-state index < -0.39 is 5.79 Å². The molecule has 4 heteroatoms. The summed E-state index contributed by atoms with van der Waals surface area (Å²) in [5, 5.41) is 12.9. The van der Waals surface area contributed by atoms with Crippen LogP contribution in [0.3, 0.4) is 0 Å². The van der Waals surface area contributed by atoms with E-state index in [1.54, 1.807) is 0 Å². The zero-order chi connectivity index (χ0) is 9.03. The van der Waals surface area contributed by atoms with Gasteiger partial charge in [-0.15, -0.1) is 0 Å². The van der Waals surface area contributed by atoms with E-state index in [4.69, 9.17) is 9.47 Å². The first kappa shape index (κ1) is 9.92. The predicted octanol–water partition coefficient (Wildman–Crippen LogP) is -0.280. The normalized spacial score (nSPS) is 33.2. The Balaban J connectivity index is 2.44. The van der Waals surface area contributed by atoms with E-state index in [1.165, 1.54) is 0 Å². The number of nitrogens with one attached hydrogen (secondary N) is 1. The number of hydrogen-bond acceptors (Lipinski definition) is 4. The molecule has 0 aliphatic carbocycles. The lowest BCUT2D eigenvalue weighted by Gasteiger charge is -2.36. The summed E-state index contributed by atoms with van der Waals surface area (Å²) in [5.41, 5.74) is 0. The topological polar surface area (TPSA) is 50.7 Å². The number of morpholine rings is 1. The summed E-state index contributed by atoms with van der Waals surface area (Å²) in [6.07, 6.45) is -0.282. The van der Waals surface area contributed by atoms with Crippen molar-refractivity contribution < 1.29 is 14.6 Å². The van der Waals surface area contributed by atoms with Gasteiger partial charge in [0.05, 0.1) is 13.2 Å². The van der Waals surface area contributed by atoms with Crippen LogP contribution in [-0.4, -0.2) is 43.3 Å². The van der Waals surface area contributed by atoms with Gasteiger partial charge in [0.1, 0.15) is 6.10 Å². The first-order valence-corrected chi connectivity index (χ1v) is 4.37. The van der Waals surface area contributed by atoms with Crippen LogP contribution in [0.4, 0.5) is 0 Å². The predicted molar refractivity (Wildman–Crippen MR) is 44.9 cm³/mol. The number of aliphatic hydroxyl groups is 1. The maximum absolute atomic E-state index is 9.86. The number of ether oxygens (including phenoxy) is 2. The Morgan fingerprint density at radius 1 is 1.75 bits per heavy atom. The molecule has 1 aliphatic rings. The molecule has 1 aliphatic heterocycles. The van der Waals surface area contributed by atoms with Gasteiger partial charge < -0.3 is 19.9 Å². The molecule has 1 rings (SSSR count). The van der Waals surface area contributed by atoms with Gasteiger partial charge in [-0.2, -0.15) is 0 Å². The summed E-state index contributed by atoms with van der Waals surface area (Å²) in [5.74, 6) is -1.14. The van der Waals surface area contributed by atoms with Crippen LogP contribution in [0.15, 0.2) is 0 Å². The van der Waals surface area contributed by atoms with Crippen LogP contribution >= 0.6 is 0 Å². The fourth-order valence-corrected chi connectivity index (χ4v) is 1.26. The van der Waals surface area contributed by atoms with Crippen molar-refractivity contribution in [3.63, 3.8) is 0 Å². The minimum Gasteiger partial charge on any atom is -0.373 e. The van der Waals surface area contributed by atoms with Crippen molar-refractivity contribution in [2.75, 3.05) is 26.3 Å². The Morgan fingerprint density at radius 2 is 2.50 bits per heavy atom. The molecule has 4 nitrogen and oxygen atoms in total. The third kappa shape index (κ3) is 2.17. The summed E-state index contributed by atoms with van der Waals surface area (Å²) in [6, 6.07) is 0. The van der Waals surface area contributed by atoms with Crippen LogP contribution in [-0.2, 0) is 9.47 Å². The van der Waals surface area contributed by atoms with E-state index >= 15 is 0 Å². The standard InChI is InChI=1S/C8H17NO3/c1-3-11-7(2)8(10)6-9-4-5-12-8/h7,9-10H,3-6H2,1-2H3. The number of rotatable bonds is 3. The largest absolute Gasteiger partial charge is 0.373 e. The van der Waals surface area contributed by atoms with Gasteiger partial charge in [0.2, 0.25) is 5.79 Å². The highest BCUT2D eigenvalue weighted by Crippen LogP contribution is 2.16. The monoisotopic (exact) mass is 175 g/mol. The maximum Gasteiger partial charge on any atom is 0.204 e. The molecule has 2 N–H and O–H groups in total. The van der Waals surface area contributed by atoms with E-state index in [9.17, 15) is 5.11 Å². The summed E-state index contributed by atoms with van der Waals surface area (Å²) in [7, 11) is 0. The van der Waals surface area contributed by atoms with Crippen LogP contribution in [0, 0.1) is 0 Å². The quantitative estimate of drug-likeness (QED) is 0.619. The van der Waals surface area contributed by atoms with Gasteiger partial charge in [0.15, 0.2) is 0 Å². The molecule has 0 radical (unpaired) electrons. The van der Waals surface area contributed by atoms with Gasteiger partial charge in [0, 0.05) is 13.2 Å². The molecule has 2 unspecified atom stereocenters. The van der Waals surface area contributed by atoms with Crippen molar-refractivity contribution in [2.45, 2.75) is 25.7 Å². The summed E-state index contributed by atoms with van der Waals surface area (Å²) < 4.78 is 10.5. The van der Waals surface area contributed by atoms with Crippen molar-refractivity contribution in [1.82, 2.24) is 5.32 Å². The Morgan fingerprint density at radius 3 is 3.00 bits per heavy atom. The van der Waals surface area contributed by atoms with E-state index in [2.05, 4.69) is 5.32 Å². The van der Waals surface area contributed by atoms with Gasteiger partial charge in [-0.1, -0.05) is 0 Å². The van der Waals surface area contributed by atoms with E-state index in [0.717, 1.165) is 6.54 Å². The Hall–Kier alpha value is -0.160. The fraction of sp³-hybridized carbons (Fsp3) is 1.00. The molecule has 1 saturated heterocycles. The van der Waals surface area contributed by atoms with Crippen LogP contribution in [0.1, 0.15) is 13.8 Å². The van der Waals surface area contributed by atoms with E-state index in [1.807, 2.05) is 13.8 Å². The maximum atomic E-state index is 9.86. The molecule has 0 aromatic carbocycles. The first-order valence-electron chi connectivity index (χ1n) is 4.37. The molecule has 12 heavy (non-hydrogen) atoms. The summed E-state index contributed by atoms with van der Waals surface area (Å²) in [4.78, 5) is 0. The zero-order valence-corrected chi connectivity index (χ0v) is 7.67. The van der Waals surface area contributed by atoms with Crippen LogP contribution in [0.2, 0.25) is 0 Å². The summed E-state index contributed by atoms with van der Waals surface area (Å²) in [6.45, 7) is 6.07. The molecule has 0 saturated carbocycles. The molecule has 1 heterocycles. The molecule has 1 fully saturated rings. The van der Waals surface area contributed by atoms with E-state index in [-0.39, 0.29) is 6.10 Å². The SMILES string of the molecule is CCOC(C)C1(O)CNCCO1. The van der Waals surface area contributed by atoms with Gasteiger partial charge in [-0.05, 0) is 13.8 Å². The summed E-state index contributed by atoms with van der Waals surface area (Å²) >= 11 is 0. The third-order valence-corrected chi connectivity index (χ3v) is 2.06. The highest BCUT2D eigenvalue weighted by atomic mass is 16.7. The van der Waals surface area contributed by atoms with Crippen LogP contribution < -0.4 is 5.32 Å². The number of hydrogen-bond donors (Lipinski definition) is 2. The van der Waals surface area contributed by atoms with E-state index in [0.29, 0.717) is 19.8 Å². The van der Waals surface area contributed by atoms with Gasteiger partial charge >= 0.3 is 0 Å². The molecule has 0 amide bonds. The second-order valence-electron chi connectivity index (χ2n) is 2.97. The smallest absolute Gasteiger partial charge is 0.204 e. The molecule has 2 atom stereocenters. The molecular weight excluding hydrogens is 158 g/mol. The average Bonchev–Trinajstić information content (AvgIpc) is 2.06. The zero-order valence-electron chi connectivity index (χ0n) is 7.67.